The number of anilines is 2. The van der Waals surface area contributed by atoms with Gasteiger partial charge in [-0.3, -0.25) is 9.52 Å². The summed E-state index contributed by atoms with van der Waals surface area (Å²) in [6.45, 7) is 0. The van der Waals surface area contributed by atoms with Crippen LogP contribution in [0, 0.1) is 0 Å². The lowest BCUT2D eigenvalue weighted by Crippen LogP contribution is -2.14. The van der Waals surface area contributed by atoms with Crippen molar-refractivity contribution in [1.29, 1.82) is 0 Å². The molecule has 0 aliphatic heterocycles. The molecule has 5 rings (SSSR count). The van der Waals surface area contributed by atoms with Crippen molar-refractivity contribution in [3.63, 3.8) is 0 Å². The highest BCUT2D eigenvalue weighted by molar-refractivity contribution is 7.92. The molecule has 0 unspecified atom stereocenters. The third kappa shape index (κ3) is 5.03. The number of rotatable bonds is 6. The minimum absolute atomic E-state index is 0.0857. The number of carbonyl (C=O) groups excluding carboxylic acids is 1. The fraction of sp³-hybridized carbons (Fsp3) is 0. The van der Waals surface area contributed by atoms with Gasteiger partial charge in [0.05, 0.1) is 4.90 Å². The Morgan fingerprint density at radius 2 is 1.57 bits per heavy atom. The third-order valence-electron chi connectivity index (χ3n) is 5.18. The molecule has 2 N–H and O–H groups in total. The van der Waals surface area contributed by atoms with E-state index in [1.54, 1.807) is 30.3 Å². The molecule has 1 heterocycles. The van der Waals surface area contributed by atoms with Gasteiger partial charge in [-0.15, -0.1) is 0 Å². The van der Waals surface area contributed by atoms with Crippen LogP contribution in [0.15, 0.2) is 106 Å². The smallest absolute Gasteiger partial charge is 0.261 e. The zero-order valence-electron chi connectivity index (χ0n) is 18.1. The summed E-state index contributed by atoms with van der Waals surface area (Å²) >= 11 is 5.82. The van der Waals surface area contributed by atoms with E-state index in [2.05, 4.69) is 15.0 Å². The molecule has 35 heavy (non-hydrogen) atoms. The largest absolute Gasteiger partial charge is 0.436 e. The SMILES string of the molecule is O=C(Nc1cccc(-c2nc3ccccc3o2)c1)c1ccc(NS(=O)(=O)c2ccc(Cl)cc2)cc1. The van der Waals surface area contributed by atoms with Crippen LogP contribution in [0.4, 0.5) is 11.4 Å². The van der Waals surface area contributed by atoms with Gasteiger partial charge in [0.2, 0.25) is 5.89 Å². The minimum atomic E-state index is -3.78. The van der Waals surface area contributed by atoms with Crippen LogP contribution in [-0.2, 0) is 10.0 Å². The molecule has 1 amide bonds. The second kappa shape index (κ2) is 9.25. The Hall–Kier alpha value is -4.14. The molecule has 0 atom stereocenters. The van der Waals surface area contributed by atoms with Gasteiger partial charge in [0.25, 0.3) is 15.9 Å². The van der Waals surface area contributed by atoms with E-state index in [0.717, 1.165) is 11.1 Å². The summed E-state index contributed by atoms with van der Waals surface area (Å²) in [5.74, 6) is 0.117. The first-order valence-corrected chi connectivity index (χ1v) is 12.4. The molecular formula is C26H18ClN3O4S. The lowest BCUT2D eigenvalue weighted by molar-refractivity contribution is 0.102. The summed E-state index contributed by atoms with van der Waals surface area (Å²) in [5.41, 5.74) is 3.43. The predicted octanol–water partition coefficient (Wildman–Crippen LogP) is 6.20. The molecule has 0 saturated heterocycles. The number of nitrogens with one attached hydrogen (secondary N) is 2. The Labute approximate surface area is 206 Å². The molecule has 4 aromatic carbocycles. The predicted molar refractivity (Wildman–Crippen MR) is 136 cm³/mol. The van der Waals surface area contributed by atoms with E-state index in [9.17, 15) is 13.2 Å². The topological polar surface area (TPSA) is 101 Å². The maximum absolute atomic E-state index is 12.8. The highest BCUT2D eigenvalue weighted by Gasteiger charge is 2.15. The van der Waals surface area contributed by atoms with Gasteiger partial charge in [0, 0.05) is 27.5 Å². The Bertz CT molecular complexity index is 1600. The lowest BCUT2D eigenvalue weighted by atomic mass is 10.1. The summed E-state index contributed by atoms with van der Waals surface area (Å²) in [6, 6.07) is 26.6. The number of halogens is 1. The Morgan fingerprint density at radius 3 is 2.31 bits per heavy atom. The van der Waals surface area contributed by atoms with Gasteiger partial charge < -0.3 is 9.73 Å². The van der Waals surface area contributed by atoms with Crippen molar-refractivity contribution >= 4 is 50.0 Å². The first kappa shape index (κ1) is 22.6. The van der Waals surface area contributed by atoms with Crippen LogP contribution in [0.3, 0.4) is 0 Å². The van der Waals surface area contributed by atoms with Crippen LogP contribution in [0.5, 0.6) is 0 Å². The van der Waals surface area contributed by atoms with Crippen molar-refractivity contribution in [2.24, 2.45) is 0 Å². The molecule has 0 aliphatic rings. The van der Waals surface area contributed by atoms with Crippen molar-refractivity contribution in [2.45, 2.75) is 4.90 Å². The molecule has 5 aromatic rings. The van der Waals surface area contributed by atoms with Gasteiger partial charge in [-0.1, -0.05) is 29.8 Å². The van der Waals surface area contributed by atoms with Gasteiger partial charge in [-0.2, -0.15) is 0 Å². The Balaban J connectivity index is 1.29. The number of carbonyl (C=O) groups is 1. The molecule has 1 aromatic heterocycles. The first-order valence-electron chi connectivity index (χ1n) is 10.5. The second-order valence-corrected chi connectivity index (χ2v) is 9.78. The minimum Gasteiger partial charge on any atom is -0.436 e. The van der Waals surface area contributed by atoms with Crippen molar-refractivity contribution in [1.82, 2.24) is 4.98 Å². The van der Waals surface area contributed by atoms with Crippen LogP contribution in [0.25, 0.3) is 22.6 Å². The fourth-order valence-electron chi connectivity index (χ4n) is 3.45. The van der Waals surface area contributed by atoms with E-state index in [-0.39, 0.29) is 10.8 Å². The molecule has 7 nitrogen and oxygen atoms in total. The summed E-state index contributed by atoms with van der Waals surface area (Å²) < 4.78 is 33.4. The quantitative estimate of drug-likeness (QED) is 0.287. The number of para-hydroxylation sites is 2. The number of oxazole rings is 1. The highest BCUT2D eigenvalue weighted by Crippen LogP contribution is 2.26. The summed E-state index contributed by atoms with van der Waals surface area (Å²) in [7, 11) is -3.78. The lowest BCUT2D eigenvalue weighted by Gasteiger charge is -2.10. The van der Waals surface area contributed by atoms with Gasteiger partial charge in [-0.25, -0.2) is 13.4 Å². The first-order chi connectivity index (χ1) is 16.9. The third-order valence-corrected chi connectivity index (χ3v) is 6.83. The molecule has 0 bridgehead atoms. The number of fused-ring (bicyclic) bond motifs is 1. The zero-order chi connectivity index (χ0) is 24.4. The van der Waals surface area contributed by atoms with Crippen LogP contribution in [0.2, 0.25) is 5.02 Å². The number of sulfonamides is 1. The Kier molecular flexibility index (Phi) is 5.98. The van der Waals surface area contributed by atoms with Crippen molar-refractivity contribution in [2.75, 3.05) is 10.0 Å². The number of hydrogen-bond donors (Lipinski definition) is 2. The molecule has 0 spiro atoms. The van der Waals surface area contributed by atoms with E-state index in [1.807, 2.05) is 30.3 Å². The average molecular weight is 504 g/mol. The molecular weight excluding hydrogens is 486 g/mol. The molecule has 174 valence electrons. The number of hydrogen-bond acceptors (Lipinski definition) is 5. The average Bonchev–Trinajstić information content (AvgIpc) is 3.29. The van der Waals surface area contributed by atoms with Gasteiger partial charge in [0.15, 0.2) is 5.58 Å². The second-order valence-electron chi connectivity index (χ2n) is 7.66. The van der Waals surface area contributed by atoms with Gasteiger partial charge in [-0.05, 0) is 78.9 Å². The number of aromatic nitrogens is 1. The molecule has 0 radical (unpaired) electrons. The molecule has 0 aliphatic carbocycles. The summed E-state index contributed by atoms with van der Waals surface area (Å²) in [4.78, 5) is 17.3. The van der Waals surface area contributed by atoms with Crippen molar-refractivity contribution in [3.8, 4) is 11.5 Å². The highest BCUT2D eigenvalue weighted by atomic mass is 35.5. The van der Waals surface area contributed by atoms with Crippen LogP contribution >= 0.6 is 11.6 Å². The summed E-state index contributed by atoms with van der Waals surface area (Å²) in [6.07, 6.45) is 0. The van der Waals surface area contributed by atoms with Crippen LogP contribution in [0.1, 0.15) is 10.4 Å². The molecule has 9 heteroatoms. The number of nitrogens with zero attached hydrogens (tertiary/aromatic N) is 1. The fourth-order valence-corrected chi connectivity index (χ4v) is 4.63. The van der Waals surface area contributed by atoms with Crippen molar-refractivity contribution in [3.05, 3.63) is 108 Å². The maximum atomic E-state index is 12.8. The normalized spacial score (nSPS) is 11.3. The summed E-state index contributed by atoms with van der Waals surface area (Å²) in [5, 5.41) is 3.28. The van der Waals surface area contributed by atoms with Crippen molar-refractivity contribution < 1.29 is 17.6 Å². The van der Waals surface area contributed by atoms with Gasteiger partial charge in [0.1, 0.15) is 5.52 Å². The van der Waals surface area contributed by atoms with E-state index >= 15 is 0 Å². The van der Waals surface area contributed by atoms with E-state index in [1.165, 1.54) is 36.4 Å². The van der Waals surface area contributed by atoms with E-state index < -0.39 is 10.0 Å². The monoisotopic (exact) mass is 503 g/mol. The molecule has 0 fully saturated rings. The standard InChI is InChI=1S/C26H18ClN3O4S/c27-19-10-14-22(15-11-19)35(32,33)30-20-12-8-17(9-13-20)25(31)28-21-5-3-4-18(16-21)26-29-23-6-1-2-7-24(23)34-26/h1-16,30H,(H,28,31). The van der Waals surface area contributed by atoms with Crippen LogP contribution < -0.4 is 10.0 Å². The van der Waals surface area contributed by atoms with Gasteiger partial charge >= 0.3 is 0 Å². The zero-order valence-corrected chi connectivity index (χ0v) is 19.7. The number of amides is 1. The molecule has 0 saturated carbocycles. The Morgan fingerprint density at radius 1 is 0.829 bits per heavy atom. The van der Waals surface area contributed by atoms with Crippen LogP contribution in [-0.4, -0.2) is 19.3 Å². The van der Waals surface area contributed by atoms with E-state index in [4.69, 9.17) is 16.0 Å². The van der Waals surface area contributed by atoms with E-state index in [0.29, 0.717) is 33.4 Å². The maximum Gasteiger partial charge on any atom is 0.261 e. The number of benzene rings is 4.